The minimum absolute atomic E-state index is 0.0850. The van der Waals surface area contributed by atoms with Crippen molar-refractivity contribution in [1.29, 1.82) is 0 Å². The van der Waals surface area contributed by atoms with E-state index in [4.69, 9.17) is 4.74 Å². The van der Waals surface area contributed by atoms with Gasteiger partial charge in [0.2, 0.25) is 11.8 Å². The van der Waals surface area contributed by atoms with Crippen LogP contribution in [0.15, 0.2) is 6.07 Å². The van der Waals surface area contributed by atoms with E-state index in [0.717, 1.165) is 25.7 Å². The van der Waals surface area contributed by atoms with Crippen LogP contribution in [0.5, 0.6) is 6.01 Å². The Morgan fingerprint density at radius 1 is 1.37 bits per heavy atom. The molecule has 1 aromatic rings. The van der Waals surface area contributed by atoms with Crippen LogP contribution in [-0.4, -0.2) is 51.9 Å². The summed E-state index contributed by atoms with van der Waals surface area (Å²) < 4.78 is 31.7. The van der Waals surface area contributed by atoms with Crippen molar-refractivity contribution in [2.24, 2.45) is 5.92 Å². The Kier molecular flexibility index (Phi) is 6.11. The van der Waals surface area contributed by atoms with E-state index >= 15 is 0 Å². The average molecular weight is 381 g/mol. The van der Waals surface area contributed by atoms with Crippen LogP contribution in [0.2, 0.25) is 0 Å². The van der Waals surface area contributed by atoms with Gasteiger partial charge in [0, 0.05) is 44.0 Å². The maximum atomic E-state index is 13.0. The molecule has 2 heterocycles. The predicted octanol–water partition coefficient (Wildman–Crippen LogP) is 3.29. The van der Waals surface area contributed by atoms with Gasteiger partial charge in [0.25, 0.3) is 0 Å². The minimum Gasteiger partial charge on any atom is -0.460 e. The normalized spacial score (nSPS) is 20.4. The Morgan fingerprint density at radius 3 is 2.63 bits per heavy atom. The number of aromatic nitrogens is 2. The third-order valence-corrected chi connectivity index (χ3v) is 5.36. The first-order chi connectivity index (χ1) is 12.9. The molecule has 2 aliphatic rings. The molecule has 1 aliphatic heterocycles. The maximum Gasteiger partial charge on any atom is 0.319 e. The standard InChI is InChI=1S/C19H27F2N4O2/c1-3-15(4-2)27-18-22-8-5-16(24-18)23-14-6-9-25(10-7-14)17(26)13-11-19(20,21)12-13/h5,13-15H,3-4,6-7,9-12H2,1-2H3,(H,22,23,24). The molecule has 6 nitrogen and oxygen atoms in total. The highest BCUT2D eigenvalue weighted by Crippen LogP contribution is 2.43. The molecule has 1 aromatic heterocycles. The van der Waals surface area contributed by atoms with Crippen molar-refractivity contribution in [2.75, 3.05) is 18.4 Å². The second kappa shape index (κ2) is 8.35. The highest BCUT2D eigenvalue weighted by atomic mass is 19.3. The molecule has 0 aromatic carbocycles. The highest BCUT2D eigenvalue weighted by Gasteiger charge is 2.49. The number of nitrogens with zero attached hydrogens (tertiary/aromatic N) is 3. The third-order valence-electron chi connectivity index (χ3n) is 5.36. The van der Waals surface area contributed by atoms with E-state index in [2.05, 4.69) is 35.3 Å². The zero-order valence-electron chi connectivity index (χ0n) is 15.9. The number of hydrogen-bond acceptors (Lipinski definition) is 5. The summed E-state index contributed by atoms with van der Waals surface area (Å²) in [6, 6.07) is 2.15. The van der Waals surface area contributed by atoms with E-state index in [-0.39, 0.29) is 30.9 Å². The fourth-order valence-electron chi connectivity index (χ4n) is 3.59. The van der Waals surface area contributed by atoms with Crippen LogP contribution in [0.25, 0.3) is 0 Å². The van der Waals surface area contributed by atoms with Gasteiger partial charge in [-0.3, -0.25) is 4.79 Å². The first-order valence-corrected chi connectivity index (χ1v) is 9.75. The summed E-state index contributed by atoms with van der Waals surface area (Å²) in [5.74, 6) is -2.64. The molecule has 149 valence electrons. The van der Waals surface area contributed by atoms with Crippen molar-refractivity contribution in [2.45, 2.75) is 70.4 Å². The Labute approximate surface area is 158 Å². The fraction of sp³-hybridized carbons (Fsp3) is 0.737. The van der Waals surface area contributed by atoms with Crippen LogP contribution in [-0.2, 0) is 4.79 Å². The van der Waals surface area contributed by atoms with Gasteiger partial charge >= 0.3 is 6.01 Å². The van der Waals surface area contributed by atoms with Crippen LogP contribution < -0.4 is 10.1 Å². The molecule has 27 heavy (non-hydrogen) atoms. The lowest BCUT2D eigenvalue weighted by molar-refractivity contribution is -0.160. The predicted molar refractivity (Wildman–Crippen MR) is 96.8 cm³/mol. The molecular weight excluding hydrogens is 354 g/mol. The lowest BCUT2D eigenvalue weighted by atomic mass is 9.80. The molecule has 8 heteroatoms. The van der Waals surface area contributed by atoms with Gasteiger partial charge in [-0.2, -0.15) is 9.97 Å². The Bertz CT molecular complexity index is 638. The smallest absolute Gasteiger partial charge is 0.319 e. The fourth-order valence-corrected chi connectivity index (χ4v) is 3.59. The molecule has 0 unspecified atom stereocenters. The molecular formula is C19H27F2N4O2. The van der Waals surface area contributed by atoms with Gasteiger partial charge in [-0.05, 0) is 25.7 Å². The number of amides is 1. The summed E-state index contributed by atoms with van der Waals surface area (Å²) in [6.45, 7) is 5.26. The molecule has 0 spiro atoms. The van der Waals surface area contributed by atoms with E-state index < -0.39 is 11.8 Å². The van der Waals surface area contributed by atoms with Crippen LogP contribution in [0, 0.1) is 12.1 Å². The van der Waals surface area contributed by atoms with Gasteiger partial charge in [-0.15, -0.1) is 0 Å². The van der Waals surface area contributed by atoms with Crippen LogP contribution in [0.4, 0.5) is 14.6 Å². The van der Waals surface area contributed by atoms with Crippen LogP contribution in [0.1, 0.15) is 52.4 Å². The van der Waals surface area contributed by atoms with Gasteiger partial charge in [-0.25, -0.2) is 8.78 Å². The topological polar surface area (TPSA) is 67.3 Å². The molecule has 2 fully saturated rings. The quantitative estimate of drug-likeness (QED) is 0.785. The van der Waals surface area contributed by atoms with Crippen molar-refractivity contribution in [3.05, 3.63) is 12.3 Å². The molecule has 1 aliphatic carbocycles. The summed E-state index contributed by atoms with van der Waals surface area (Å²) in [4.78, 5) is 22.4. The number of carbonyl (C=O) groups is 1. The molecule has 0 bridgehead atoms. The van der Waals surface area contributed by atoms with E-state index in [0.29, 0.717) is 24.9 Å². The lowest BCUT2D eigenvalue weighted by Crippen LogP contribution is -2.50. The van der Waals surface area contributed by atoms with Gasteiger partial charge in [0.05, 0.1) is 6.20 Å². The summed E-state index contributed by atoms with van der Waals surface area (Å²) in [5.41, 5.74) is 0. The number of ether oxygens (including phenoxy) is 1. The second-order valence-electron chi connectivity index (χ2n) is 7.43. The molecule has 1 saturated heterocycles. The molecule has 3 rings (SSSR count). The van der Waals surface area contributed by atoms with Crippen LogP contribution >= 0.6 is 0 Å². The number of likely N-dealkylation sites (tertiary alicyclic amines) is 1. The zero-order valence-corrected chi connectivity index (χ0v) is 15.9. The number of hydrogen-bond donors (Lipinski definition) is 1. The number of halogens is 2. The average Bonchev–Trinajstić information content (AvgIpc) is 2.64. The second-order valence-corrected chi connectivity index (χ2v) is 7.43. The summed E-state index contributed by atoms with van der Waals surface area (Å²) in [7, 11) is 0. The van der Waals surface area contributed by atoms with Gasteiger partial charge in [-0.1, -0.05) is 13.8 Å². The van der Waals surface area contributed by atoms with E-state index in [1.807, 2.05) is 0 Å². The van der Waals surface area contributed by atoms with Gasteiger partial charge in [0.15, 0.2) is 0 Å². The number of rotatable bonds is 7. The van der Waals surface area contributed by atoms with E-state index in [1.54, 1.807) is 11.0 Å². The lowest BCUT2D eigenvalue weighted by Gasteiger charge is -2.39. The maximum absolute atomic E-state index is 13.0. The van der Waals surface area contributed by atoms with Crippen molar-refractivity contribution < 1.29 is 18.3 Å². The summed E-state index contributed by atoms with van der Waals surface area (Å²) >= 11 is 0. The van der Waals surface area contributed by atoms with E-state index in [1.165, 1.54) is 0 Å². The molecule has 0 atom stereocenters. The summed E-state index contributed by atoms with van der Waals surface area (Å²) in [5, 5.41) is 3.34. The number of alkyl halides is 2. The molecule has 1 radical (unpaired) electrons. The van der Waals surface area contributed by atoms with Crippen molar-refractivity contribution in [1.82, 2.24) is 14.9 Å². The first-order valence-electron chi connectivity index (χ1n) is 9.75. The monoisotopic (exact) mass is 381 g/mol. The Balaban J connectivity index is 1.47. The summed E-state index contributed by atoms with van der Waals surface area (Å²) in [6.07, 6.45) is 5.55. The molecule has 1 amide bonds. The highest BCUT2D eigenvalue weighted by molar-refractivity contribution is 5.80. The first kappa shape index (κ1) is 19.8. The Hall–Kier alpha value is -1.99. The third kappa shape index (κ3) is 5.05. The largest absolute Gasteiger partial charge is 0.460 e. The zero-order chi connectivity index (χ0) is 19.4. The van der Waals surface area contributed by atoms with E-state index in [9.17, 15) is 13.6 Å². The van der Waals surface area contributed by atoms with Gasteiger partial charge in [0.1, 0.15) is 11.9 Å². The number of piperidine rings is 1. The molecule has 1 saturated carbocycles. The molecule has 1 N–H and O–H groups in total. The minimum atomic E-state index is -2.65. The van der Waals surface area contributed by atoms with Crippen molar-refractivity contribution in [3.8, 4) is 6.01 Å². The number of anilines is 1. The van der Waals surface area contributed by atoms with Crippen molar-refractivity contribution in [3.63, 3.8) is 0 Å². The SMILES string of the molecule is CCC(CC)Oc1n[c]cc(NC2CCN(C(=O)C3CC(F)(F)C3)CC2)n1. The number of nitrogens with one attached hydrogen (secondary N) is 1. The van der Waals surface area contributed by atoms with Crippen LogP contribution in [0.3, 0.4) is 0 Å². The Morgan fingerprint density at radius 2 is 2.04 bits per heavy atom. The van der Waals surface area contributed by atoms with Gasteiger partial charge < -0.3 is 15.0 Å². The van der Waals surface area contributed by atoms with Crippen molar-refractivity contribution >= 4 is 11.7 Å². The number of carbonyl (C=O) groups excluding carboxylic acids is 1.